The summed E-state index contributed by atoms with van der Waals surface area (Å²) in [6.07, 6.45) is -4.54. The molecule has 0 radical (unpaired) electrons. The lowest BCUT2D eigenvalue weighted by molar-refractivity contribution is -0.137. The van der Waals surface area contributed by atoms with E-state index in [0.29, 0.717) is 0 Å². The van der Waals surface area contributed by atoms with Crippen molar-refractivity contribution in [2.45, 2.75) is 38.9 Å². The first-order chi connectivity index (χ1) is 12.6. The largest absolute Gasteiger partial charge is 0.416 e. The molecule has 3 N–H and O–H groups in total. The van der Waals surface area contributed by atoms with Gasteiger partial charge in [0.05, 0.1) is 12.0 Å². The minimum absolute atomic E-state index is 0.205. The molecule has 7 heteroatoms. The van der Waals surface area contributed by atoms with Gasteiger partial charge in [-0.05, 0) is 42.2 Å². The average Bonchev–Trinajstić information content (AvgIpc) is 2.57. The summed E-state index contributed by atoms with van der Waals surface area (Å²) in [5.41, 5.74) is 7.74. The van der Waals surface area contributed by atoms with Gasteiger partial charge in [-0.25, -0.2) is 0 Å². The minimum Gasteiger partial charge on any atom is -0.368 e. The summed E-state index contributed by atoms with van der Waals surface area (Å²) in [7, 11) is 0. The molecule has 4 nitrogen and oxygen atoms in total. The van der Waals surface area contributed by atoms with Crippen molar-refractivity contribution in [3.63, 3.8) is 0 Å². The van der Waals surface area contributed by atoms with Crippen molar-refractivity contribution in [1.29, 1.82) is 0 Å². The number of nitrogens with two attached hydrogens (primary N) is 1. The number of hydrogen-bond donors (Lipinski definition) is 2. The van der Waals surface area contributed by atoms with Crippen molar-refractivity contribution in [3.8, 4) is 0 Å². The lowest BCUT2D eigenvalue weighted by atomic mass is 10.00. The number of amides is 2. The molecule has 0 aliphatic carbocycles. The number of benzene rings is 2. The maximum Gasteiger partial charge on any atom is 0.416 e. The topological polar surface area (TPSA) is 72.2 Å². The van der Waals surface area contributed by atoms with Crippen LogP contribution in [-0.4, -0.2) is 17.9 Å². The summed E-state index contributed by atoms with van der Waals surface area (Å²) in [5.74, 6) is -1.27. The molecule has 0 unspecified atom stereocenters. The minimum atomic E-state index is -4.48. The zero-order valence-corrected chi connectivity index (χ0v) is 15.1. The molecule has 0 aromatic heterocycles. The molecule has 0 fully saturated rings. The van der Waals surface area contributed by atoms with Crippen LogP contribution in [0.4, 0.5) is 13.2 Å². The third-order valence-corrected chi connectivity index (χ3v) is 4.31. The molecule has 0 heterocycles. The molecular weight excluding hydrogens is 357 g/mol. The monoisotopic (exact) mass is 378 g/mol. The van der Waals surface area contributed by atoms with E-state index in [4.69, 9.17) is 5.73 Å². The molecule has 27 heavy (non-hydrogen) atoms. The fourth-order valence-electron chi connectivity index (χ4n) is 2.68. The van der Waals surface area contributed by atoms with Gasteiger partial charge < -0.3 is 11.1 Å². The highest BCUT2D eigenvalue weighted by Gasteiger charge is 2.30. The van der Waals surface area contributed by atoms with Crippen LogP contribution in [0.5, 0.6) is 0 Å². The molecular formula is C20H21F3N2O2. The summed E-state index contributed by atoms with van der Waals surface area (Å²) < 4.78 is 38.3. The van der Waals surface area contributed by atoms with E-state index in [-0.39, 0.29) is 18.4 Å². The van der Waals surface area contributed by atoms with Crippen molar-refractivity contribution < 1.29 is 22.8 Å². The van der Waals surface area contributed by atoms with Gasteiger partial charge in [0.2, 0.25) is 11.8 Å². The fourth-order valence-corrected chi connectivity index (χ4v) is 2.68. The van der Waals surface area contributed by atoms with E-state index in [0.717, 1.165) is 28.8 Å². The van der Waals surface area contributed by atoms with Crippen LogP contribution >= 0.6 is 0 Å². The first-order valence-corrected chi connectivity index (χ1v) is 8.37. The lowest BCUT2D eigenvalue weighted by Crippen LogP contribution is -2.46. The van der Waals surface area contributed by atoms with Crippen molar-refractivity contribution in [1.82, 2.24) is 5.32 Å². The van der Waals surface area contributed by atoms with Gasteiger partial charge in [0.15, 0.2) is 0 Å². The van der Waals surface area contributed by atoms with Crippen LogP contribution in [-0.2, 0) is 28.6 Å². The average molecular weight is 378 g/mol. The van der Waals surface area contributed by atoms with E-state index in [1.807, 2.05) is 32.0 Å². The Morgan fingerprint density at radius 1 is 1.04 bits per heavy atom. The summed E-state index contributed by atoms with van der Waals surface area (Å²) in [4.78, 5) is 23.9. The predicted octanol–water partition coefficient (Wildman–Crippen LogP) is 3.08. The van der Waals surface area contributed by atoms with E-state index in [1.165, 1.54) is 12.1 Å². The van der Waals surface area contributed by atoms with Gasteiger partial charge in [-0.3, -0.25) is 9.59 Å². The summed E-state index contributed by atoms with van der Waals surface area (Å²) >= 11 is 0. The number of nitrogens with one attached hydrogen (secondary N) is 1. The van der Waals surface area contributed by atoms with Gasteiger partial charge in [0.25, 0.3) is 0 Å². The van der Waals surface area contributed by atoms with E-state index in [9.17, 15) is 22.8 Å². The van der Waals surface area contributed by atoms with Crippen LogP contribution in [0.2, 0.25) is 0 Å². The van der Waals surface area contributed by atoms with E-state index in [2.05, 4.69) is 5.32 Å². The molecule has 0 spiro atoms. The molecule has 2 aromatic rings. The second-order valence-electron chi connectivity index (χ2n) is 6.52. The van der Waals surface area contributed by atoms with Crippen molar-refractivity contribution >= 4 is 11.8 Å². The molecule has 0 saturated heterocycles. The Hall–Kier alpha value is -2.83. The number of carbonyl (C=O) groups excluding carboxylic acids is 2. The van der Waals surface area contributed by atoms with Gasteiger partial charge >= 0.3 is 6.18 Å². The first-order valence-electron chi connectivity index (χ1n) is 8.37. The maximum absolute atomic E-state index is 12.8. The molecule has 144 valence electrons. The molecule has 0 saturated carbocycles. The molecule has 0 aliphatic rings. The number of alkyl halides is 3. The van der Waals surface area contributed by atoms with E-state index in [1.54, 1.807) is 0 Å². The molecule has 1 atom stereocenters. The number of halogens is 3. The second kappa shape index (κ2) is 8.24. The van der Waals surface area contributed by atoms with Gasteiger partial charge in [-0.15, -0.1) is 0 Å². The molecule has 0 aliphatic heterocycles. The molecule has 2 aromatic carbocycles. The van der Waals surface area contributed by atoms with E-state index >= 15 is 0 Å². The lowest BCUT2D eigenvalue weighted by Gasteiger charge is -2.17. The molecule has 2 amide bonds. The fraction of sp³-hybridized carbons (Fsp3) is 0.300. The van der Waals surface area contributed by atoms with Crippen molar-refractivity contribution in [2.24, 2.45) is 5.73 Å². The first kappa shape index (κ1) is 20.5. The summed E-state index contributed by atoms with van der Waals surface area (Å²) in [5, 5.41) is 2.51. The van der Waals surface area contributed by atoms with Crippen LogP contribution in [0.15, 0.2) is 42.5 Å². The highest BCUT2D eigenvalue weighted by molar-refractivity contribution is 5.87. The highest BCUT2D eigenvalue weighted by atomic mass is 19.4. The number of rotatable bonds is 6. The van der Waals surface area contributed by atoms with Gasteiger partial charge in [0, 0.05) is 6.42 Å². The number of primary amides is 1. The van der Waals surface area contributed by atoms with Crippen LogP contribution in [0.1, 0.15) is 27.8 Å². The standard InChI is InChI=1S/C20H21F3N2O2/c1-12-6-7-15(8-13(12)2)10-17(19(24)27)25-18(26)11-14-4-3-5-16(9-14)20(21,22)23/h3-9,17H,10-11H2,1-2H3,(H2,24,27)(H,25,26)/t17-/m0/s1. The Bertz CT molecular complexity index is 847. The van der Waals surface area contributed by atoms with Crippen LogP contribution in [0.25, 0.3) is 0 Å². The summed E-state index contributed by atoms with van der Waals surface area (Å²) in [6, 6.07) is 9.25. The maximum atomic E-state index is 12.8. The normalized spacial score (nSPS) is 12.5. The zero-order valence-electron chi connectivity index (χ0n) is 15.1. The van der Waals surface area contributed by atoms with Gasteiger partial charge in [-0.2, -0.15) is 13.2 Å². The Morgan fingerprint density at radius 2 is 1.74 bits per heavy atom. The zero-order chi connectivity index (χ0) is 20.2. The number of carbonyl (C=O) groups is 2. The number of aryl methyl sites for hydroxylation is 2. The van der Waals surface area contributed by atoms with Gasteiger partial charge in [-0.1, -0.05) is 36.4 Å². The third kappa shape index (κ3) is 5.84. The quantitative estimate of drug-likeness (QED) is 0.811. The Labute approximate surface area is 155 Å². The van der Waals surface area contributed by atoms with Crippen LogP contribution in [0.3, 0.4) is 0 Å². The second-order valence-corrected chi connectivity index (χ2v) is 6.52. The Kier molecular flexibility index (Phi) is 6.25. The summed E-state index contributed by atoms with van der Waals surface area (Å²) in [6.45, 7) is 3.89. The highest BCUT2D eigenvalue weighted by Crippen LogP contribution is 2.29. The third-order valence-electron chi connectivity index (χ3n) is 4.31. The van der Waals surface area contributed by atoms with Gasteiger partial charge in [0.1, 0.15) is 6.04 Å². The van der Waals surface area contributed by atoms with Crippen LogP contribution < -0.4 is 11.1 Å². The molecule has 2 rings (SSSR count). The smallest absolute Gasteiger partial charge is 0.368 e. The molecule has 0 bridgehead atoms. The predicted molar refractivity (Wildman–Crippen MR) is 95.9 cm³/mol. The SMILES string of the molecule is Cc1ccc(C[C@H](NC(=O)Cc2cccc(C(F)(F)F)c2)C(N)=O)cc1C. The van der Waals surface area contributed by atoms with Crippen molar-refractivity contribution in [3.05, 3.63) is 70.3 Å². The van der Waals surface area contributed by atoms with Crippen molar-refractivity contribution in [2.75, 3.05) is 0 Å². The number of hydrogen-bond acceptors (Lipinski definition) is 2. The van der Waals surface area contributed by atoms with Crippen LogP contribution in [0, 0.1) is 13.8 Å². The Morgan fingerprint density at radius 3 is 2.33 bits per heavy atom. The Balaban J connectivity index is 2.07. The van der Waals surface area contributed by atoms with E-state index < -0.39 is 29.6 Å².